The topological polar surface area (TPSA) is 52.6 Å². The predicted octanol–water partition coefficient (Wildman–Crippen LogP) is 5.39. The van der Waals surface area contributed by atoms with Gasteiger partial charge in [0, 0.05) is 34.8 Å². The molecule has 4 rings (SSSR count). The van der Waals surface area contributed by atoms with E-state index in [4.69, 9.17) is 9.47 Å². The van der Waals surface area contributed by atoms with Gasteiger partial charge in [-0.3, -0.25) is 9.59 Å². The summed E-state index contributed by atoms with van der Waals surface area (Å²) in [7, 11) is 0. The standard InChI is InChI=1S/C22H32Br2O4/c1-12(25)27-14-4-5-18-15-8-9-21(3)17(6-7-20(21)28-13(2)26)16(15)10-19(23)22(18,24)11-14/h14-20H,4-11H2,1-3H3/t14-,15-,16+,17-,18+,19+,20-,21-,22+/m0/s1. The van der Waals surface area contributed by atoms with E-state index in [9.17, 15) is 9.59 Å². The van der Waals surface area contributed by atoms with Gasteiger partial charge in [0.25, 0.3) is 0 Å². The minimum absolute atomic E-state index is 0.00810. The van der Waals surface area contributed by atoms with Gasteiger partial charge >= 0.3 is 11.9 Å². The average Bonchev–Trinajstić information content (AvgIpc) is 2.91. The summed E-state index contributed by atoms with van der Waals surface area (Å²) in [5, 5.41) is 0. The Labute approximate surface area is 185 Å². The minimum Gasteiger partial charge on any atom is -0.463 e. The molecule has 4 fully saturated rings. The highest BCUT2D eigenvalue weighted by atomic mass is 79.9. The second-order valence-electron chi connectivity index (χ2n) is 9.90. The van der Waals surface area contributed by atoms with Crippen LogP contribution in [0.5, 0.6) is 0 Å². The van der Waals surface area contributed by atoms with Crippen LogP contribution in [0.15, 0.2) is 0 Å². The Morgan fingerprint density at radius 2 is 1.61 bits per heavy atom. The highest BCUT2D eigenvalue weighted by molar-refractivity contribution is 9.12. The highest BCUT2D eigenvalue weighted by Gasteiger charge is 2.62. The van der Waals surface area contributed by atoms with Crippen LogP contribution < -0.4 is 0 Å². The first-order valence-electron chi connectivity index (χ1n) is 10.8. The molecule has 0 radical (unpaired) electrons. The quantitative estimate of drug-likeness (QED) is 0.362. The Kier molecular flexibility index (Phi) is 5.70. The summed E-state index contributed by atoms with van der Waals surface area (Å²) in [6, 6.07) is 0. The molecule has 4 aliphatic rings. The summed E-state index contributed by atoms with van der Waals surface area (Å²) in [5.41, 5.74) is 0.126. The minimum atomic E-state index is -0.171. The predicted molar refractivity (Wildman–Crippen MR) is 114 cm³/mol. The normalized spacial score (nSPS) is 50.1. The van der Waals surface area contributed by atoms with Gasteiger partial charge in [-0.05, 0) is 68.6 Å². The molecule has 4 aliphatic carbocycles. The maximum atomic E-state index is 11.6. The molecule has 0 N–H and O–H groups in total. The molecular weight excluding hydrogens is 488 g/mol. The molecule has 0 aliphatic heterocycles. The molecule has 0 amide bonds. The highest BCUT2D eigenvalue weighted by Crippen LogP contribution is 2.66. The number of hydrogen-bond acceptors (Lipinski definition) is 4. The Balaban J connectivity index is 1.55. The van der Waals surface area contributed by atoms with Gasteiger partial charge in [-0.1, -0.05) is 38.8 Å². The monoisotopic (exact) mass is 518 g/mol. The van der Waals surface area contributed by atoms with Crippen LogP contribution in [0.4, 0.5) is 0 Å². The molecule has 4 nitrogen and oxygen atoms in total. The lowest BCUT2D eigenvalue weighted by molar-refractivity contribution is -0.157. The largest absolute Gasteiger partial charge is 0.463 e. The number of carbonyl (C=O) groups excluding carboxylic acids is 2. The van der Waals surface area contributed by atoms with E-state index in [2.05, 4.69) is 38.8 Å². The van der Waals surface area contributed by atoms with E-state index in [0.29, 0.717) is 28.5 Å². The Morgan fingerprint density at radius 1 is 0.929 bits per heavy atom. The number of fused-ring (bicyclic) bond motifs is 5. The van der Waals surface area contributed by atoms with E-state index < -0.39 is 0 Å². The zero-order chi connectivity index (χ0) is 20.3. The Morgan fingerprint density at radius 3 is 2.29 bits per heavy atom. The SMILES string of the molecule is CC(=O)O[C@H]1CC[C@@H]2[C@H]3CC[C@]4(C)[C@@H](OC(C)=O)CC[C@H]4[C@@H]3C[C@@H](Br)[C@@]2(Br)C1. The van der Waals surface area contributed by atoms with Crippen LogP contribution in [0.1, 0.15) is 72.1 Å². The maximum absolute atomic E-state index is 11.6. The van der Waals surface area contributed by atoms with Gasteiger partial charge in [0.1, 0.15) is 12.2 Å². The second-order valence-corrected chi connectivity index (χ2v) is 12.5. The lowest BCUT2D eigenvalue weighted by Gasteiger charge is -2.60. The summed E-state index contributed by atoms with van der Waals surface area (Å²) in [4.78, 5) is 23.5. The van der Waals surface area contributed by atoms with Crippen molar-refractivity contribution < 1.29 is 19.1 Å². The number of alkyl halides is 2. The summed E-state index contributed by atoms with van der Waals surface area (Å²) in [6.45, 7) is 5.42. The van der Waals surface area contributed by atoms with E-state index in [0.717, 1.165) is 38.5 Å². The summed E-state index contributed by atoms with van der Waals surface area (Å²) in [5.74, 6) is 2.33. The Hall–Kier alpha value is -0.100. The fourth-order valence-corrected chi connectivity index (χ4v) is 9.48. The van der Waals surface area contributed by atoms with Crippen molar-refractivity contribution in [1.29, 1.82) is 0 Å². The fourth-order valence-electron chi connectivity index (χ4n) is 7.41. The molecule has 28 heavy (non-hydrogen) atoms. The molecule has 0 aromatic rings. The van der Waals surface area contributed by atoms with Crippen molar-refractivity contribution in [1.82, 2.24) is 0 Å². The van der Waals surface area contributed by atoms with Crippen LogP contribution in [0, 0.1) is 29.1 Å². The molecule has 0 unspecified atom stereocenters. The average molecular weight is 520 g/mol. The van der Waals surface area contributed by atoms with Crippen molar-refractivity contribution >= 4 is 43.8 Å². The zero-order valence-electron chi connectivity index (χ0n) is 17.1. The number of ether oxygens (including phenoxy) is 2. The summed E-state index contributed by atoms with van der Waals surface area (Å²) in [6.07, 6.45) is 8.78. The van der Waals surface area contributed by atoms with Crippen LogP contribution in [-0.4, -0.2) is 33.3 Å². The number of esters is 2. The molecule has 4 saturated carbocycles. The van der Waals surface area contributed by atoms with E-state index in [1.165, 1.54) is 26.7 Å². The van der Waals surface area contributed by atoms with Crippen LogP contribution in [0.3, 0.4) is 0 Å². The van der Waals surface area contributed by atoms with E-state index in [-0.39, 0.29) is 33.9 Å². The van der Waals surface area contributed by atoms with Gasteiger partial charge in [-0.15, -0.1) is 0 Å². The lowest BCUT2D eigenvalue weighted by atomic mass is 9.50. The van der Waals surface area contributed by atoms with Gasteiger partial charge in [-0.25, -0.2) is 0 Å². The third-order valence-corrected chi connectivity index (χ3v) is 11.8. The maximum Gasteiger partial charge on any atom is 0.302 e. The number of halogens is 2. The van der Waals surface area contributed by atoms with Gasteiger partial charge in [-0.2, -0.15) is 0 Å². The molecule has 0 saturated heterocycles. The molecule has 0 spiro atoms. The van der Waals surface area contributed by atoms with Crippen LogP contribution in [-0.2, 0) is 19.1 Å². The van der Waals surface area contributed by atoms with Crippen LogP contribution >= 0.6 is 31.9 Å². The van der Waals surface area contributed by atoms with Crippen LogP contribution in [0.2, 0.25) is 0 Å². The van der Waals surface area contributed by atoms with Gasteiger partial charge in [0.15, 0.2) is 0 Å². The Bertz CT molecular complexity index is 654. The van der Waals surface area contributed by atoms with Crippen LogP contribution in [0.25, 0.3) is 0 Å². The number of rotatable bonds is 2. The van der Waals surface area contributed by atoms with Gasteiger partial charge < -0.3 is 9.47 Å². The number of hydrogen-bond donors (Lipinski definition) is 0. The van der Waals surface area contributed by atoms with Gasteiger partial charge in [0.05, 0.1) is 0 Å². The molecule has 0 aromatic carbocycles. The third kappa shape index (κ3) is 3.38. The van der Waals surface area contributed by atoms with Gasteiger partial charge in [0.2, 0.25) is 0 Å². The second kappa shape index (κ2) is 7.55. The van der Waals surface area contributed by atoms with Crippen molar-refractivity contribution in [2.45, 2.75) is 93.5 Å². The van der Waals surface area contributed by atoms with Crippen molar-refractivity contribution in [3.63, 3.8) is 0 Å². The molecule has 9 atom stereocenters. The molecule has 0 aromatic heterocycles. The van der Waals surface area contributed by atoms with Crippen molar-refractivity contribution in [3.05, 3.63) is 0 Å². The van der Waals surface area contributed by atoms with E-state index >= 15 is 0 Å². The summed E-state index contributed by atoms with van der Waals surface area (Å²) >= 11 is 8.19. The van der Waals surface area contributed by atoms with E-state index in [1.54, 1.807) is 0 Å². The summed E-state index contributed by atoms with van der Waals surface area (Å²) < 4.78 is 11.4. The molecule has 6 heteroatoms. The third-order valence-electron chi connectivity index (χ3n) is 8.52. The molecule has 158 valence electrons. The zero-order valence-corrected chi connectivity index (χ0v) is 20.3. The first-order chi connectivity index (χ1) is 13.1. The molecular formula is C22H32Br2O4. The van der Waals surface area contributed by atoms with Crippen molar-refractivity contribution in [2.24, 2.45) is 29.1 Å². The molecule has 0 heterocycles. The van der Waals surface area contributed by atoms with Crippen molar-refractivity contribution in [2.75, 3.05) is 0 Å². The fraction of sp³-hybridized carbons (Fsp3) is 0.909. The molecule has 0 bridgehead atoms. The first-order valence-corrected chi connectivity index (χ1v) is 12.5. The first kappa shape index (κ1) is 21.1. The smallest absolute Gasteiger partial charge is 0.302 e. The van der Waals surface area contributed by atoms with E-state index in [1.807, 2.05) is 0 Å². The number of carbonyl (C=O) groups is 2. The van der Waals surface area contributed by atoms with Crippen molar-refractivity contribution in [3.8, 4) is 0 Å². The lowest BCUT2D eigenvalue weighted by Crippen LogP contribution is -2.59.